The van der Waals surface area contributed by atoms with Crippen LogP contribution in [0.4, 0.5) is 5.13 Å². The monoisotopic (exact) mass is 279 g/mol. The fourth-order valence-electron chi connectivity index (χ4n) is 1.34. The molecule has 0 radical (unpaired) electrons. The van der Waals surface area contributed by atoms with E-state index in [1.807, 2.05) is 11.8 Å². The van der Waals surface area contributed by atoms with Gasteiger partial charge in [0, 0.05) is 11.3 Å². The number of aromatic nitrogens is 2. The number of rotatable bonds is 3. The van der Waals surface area contributed by atoms with Crippen LogP contribution in [0.2, 0.25) is 0 Å². The van der Waals surface area contributed by atoms with Gasteiger partial charge in [0.2, 0.25) is 5.13 Å². The van der Waals surface area contributed by atoms with Gasteiger partial charge < -0.3 is 5.32 Å². The van der Waals surface area contributed by atoms with E-state index in [1.165, 1.54) is 12.8 Å². The maximum absolute atomic E-state index is 4.01. The summed E-state index contributed by atoms with van der Waals surface area (Å²) in [5, 5.41) is 13.0. The topological polar surface area (TPSA) is 37.8 Å². The highest BCUT2D eigenvalue weighted by Gasteiger charge is 2.30. The number of hydrogen-bond acceptors (Lipinski definition) is 5. The van der Waals surface area contributed by atoms with Gasteiger partial charge in [-0.05, 0) is 35.0 Å². The Morgan fingerprint density at radius 1 is 1.54 bits per heavy atom. The zero-order valence-corrected chi connectivity index (χ0v) is 10.4. The molecule has 1 aliphatic rings. The van der Waals surface area contributed by atoms with E-state index in [-0.39, 0.29) is 0 Å². The Kier molecular flexibility index (Phi) is 3.10. The lowest BCUT2D eigenvalue weighted by molar-refractivity contribution is 0.462. The van der Waals surface area contributed by atoms with Crippen molar-refractivity contribution in [2.75, 3.05) is 11.6 Å². The number of hydrogen-bond donors (Lipinski definition) is 1. The SMILES string of the molecule is CSC1CCC1Nc1nnc(Br)s1. The molecule has 0 spiro atoms. The summed E-state index contributed by atoms with van der Waals surface area (Å²) in [6.45, 7) is 0. The van der Waals surface area contributed by atoms with Gasteiger partial charge in [0.25, 0.3) is 0 Å². The molecule has 1 aliphatic carbocycles. The van der Waals surface area contributed by atoms with E-state index in [0.717, 1.165) is 14.3 Å². The van der Waals surface area contributed by atoms with Crippen LogP contribution in [0.3, 0.4) is 0 Å². The Hall–Kier alpha value is 0.190. The van der Waals surface area contributed by atoms with E-state index in [1.54, 1.807) is 11.3 Å². The third-order valence-corrected chi connectivity index (χ3v) is 4.68. The molecule has 13 heavy (non-hydrogen) atoms. The molecule has 1 aromatic heterocycles. The van der Waals surface area contributed by atoms with E-state index in [9.17, 15) is 0 Å². The normalized spacial score (nSPS) is 26.9. The van der Waals surface area contributed by atoms with Crippen LogP contribution in [-0.2, 0) is 0 Å². The quantitative estimate of drug-likeness (QED) is 0.923. The fourth-order valence-corrected chi connectivity index (χ4v) is 3.32. The highest BCUT2D eigenvalue weighted by Crippen LogP contribution is 2.33. The van der Waals surface area contributed by atoms with Crippen LogP contribution in [0.5, 0.6) is 0 Å². The summed E-state index contributed by atoms with van der Waals surface area (Å²) >= 11 is 6.77. The number of nitrogens with one attached hydrogen (secondary N) is 1. The van der Waals surface area contributed by atoms with Crippen LogP contribution in [0.15, 0.2) is 3.92 Å². The van der Waals surface area contributed by atoms with Gasteiger partial charge in [0.05, 0.1) is 0 Å². The number of thioether (sulfide) groups is 1. The van der Waals surface area contributed by atoms with Crippen molar-refractivity contribution >= 4 is 44.2 Å². The summed E-state index contributed by atoms with van der Waals surface area (Å²) in [6.07, 6.45) is 4.73. The Morgan fingerprint density at radius 3 is 2.85 bits per heavy atom. The molecule has 72 valence electrons. The van der Waals surface area contributed by atoms with Gasteiger partial charge in [-0.2, -0.15) is 11.8 Å². The number of nitrogens with zero attached hydrogens (tertiary/aromatic N) is 2. The van der Waals surface area contributed by atoms with Crippen LogP contribution >= 0.6 is 39.0 Å². The lowest BCUT2D eigenvalue weighted by atomic mass is 9.92. The van der Waals surface area contributed by atoms with Crippen LogP contribution < -0.4 is 5.32 Å². The van der Waals surface area contributed by atoms with Crippen LogP contribution in [-0.4, -0.2) is 27.7 Å². The minimum absolute atomic E-state index is 0.592. The second-order valence-electron chi connectivity index (χ2n) is 2.96. The number of halogens is 1. The largest absolute Gasteiger partial charge is 0.356 e. The summed E-state index contributed by atoms with van der Waals surface area (Å²) in [4.78, 5) is 0. The van der Waals surface area contributed by atoms with Crippen molar-refractivity contribution in [1.82, 2.24) is 10.2 Å². The molecule has 6 heteroatoms. The Labute approximate surface area is 93.8 Å². The van der Waals surface area contributed by atoms with Crippen molar-refractivity contribution in [2.45, 2.75) is 24.1 Å². The first-order valence-electron chi connectivity index (χ1n) is 4.08. The molecule has 1 aromatic rings. The molecule has 0 amide bonds. The van der Waals surface area contributed by atoms with Gasteiger partial charge in [-0.1, -0.05) is 11.3 Å². The molecule has 1 N–H and O–H groups in total. The van der Waals surface area contributed by atoms with Gasteiger partial charge in [-0.25, -0.2) is 0 Å². The highest BCUT2D eigenvalue weighted by atomic mass is 79.9. The molecule has 2 unspecified atom stereocenters. The summed E-state index contributed by atoms with van der Waals surface area (Å²) in [7, 11) is 0. The molecule has 1 fully saturated rings. The molecule has 0 aliphatic heterocycles. The fraction of sp³-hybridized carbons (Fsp3) is 0.714. The van der Waals surface area contributed by atoms with Gasteiger partial charge in [0.1, 0.15) is 0 Å². The number of anilines is 1. The Morgan fingerprint density at radius 2 is 2.38 bits per heavy atom. The minimum atomic E-state index is 0.592. The highest BCUT2D eigenvalue weighted by molar-refractivity contribution is 9.11. The smallest absolute Gasteiger partial charge is 0.206 e. The van der Waals surface area contributed by atoms with Crippen LogP contribution in [0.25, 0.3) is 0 Å². The molecule has 0 bridgehead atoms. The Bertz CT molecular complexity index is 289. The van der Waals surface area contributed by atoms with Gasteiger partial charge in [-0.3, -0.25) is 0 Å². The third kappa shape index (κ3) is 2.16. The molecular formula is C7H10BrN3S2. The van der Waals surface area contributed by atoms with Crippen LogP contribution in [0.1, 0.15) is 12.8 Å². The first-order chi connectivity index (χ1) is 6.29. The van der Waals surface area contributed by atoms with E-state index in [4.69, 9.17) is 0 Å². The van der Waals surface area contributed by atoms with Gasteiger partial charge >= 0.3 is 0 Å². The lowest BCUT2D eigenvalue weighted by Gasteiger charge is -2.35. The second-order valence-corrected chi connectivity index (χ2v) is 6.29. The van der Waals surface area contributed by atoms with Gasteiger partial charge in [0.15, 0.2) is 3.92 Å². The van der Waals surface area contributed by atoms with Crippen molar-refractivity contribution in [3.8, 4) is 0 Å². The minimum Gasteiger partial charge on any atom is -0.356 e. The van der Waals surface area contributed by atoms with Crippen LogP contribution in [0, 0.1) is 0 Å². The maximum Gasteiger partial charge on any atom is 0.206 e. The van der Waals surface area contributed by atoms with Crippen molar-refractivity contribution < 1.29 is 0 Å². The molecule has 0 aromatic carbocycles. The first kappa shape index (κ1) is 9.73. The third-order valence-electron chi connectivity index (χ3n) is 2.22. The van der Waals surface area contributed by atoms with Crippen molar-refractivity contribution in [2.24, 2.45) is 0 Å². The molecule has 3 nitrogen and oxygen atoms in total. The second kappa shape index (κ2) is 4.14. The van der Waals surface area contributed by atoms with Crippen molar-refractivity contribution in [3.63, 3.8) is 0 Å². The van der Waals surface area contributed by atoms with Crippen molar-refractivity contribution in [1.29, 1.82) is 0 Å². The van der Waals surface area contributed by atoms with E-state index >= 15 is 0 Å². The van der Waals surface area contributed by atoms with Crippen molar-refractivity contribution in [3.05, 3.63) is 3.92 Å². The summed E-state index contributed by atoms with van der Waals surface area (Å²) in [5.41, 5.74) is 0. The molecule has 2 atom stereocenters. The first-order valence-corrected chi connectivity index (χ1v) is 6.97. The summed E-state index contributed by atoms with van der Waals surface area (Å²) in [6, 6.07) is 0.592. The molecule has 0 saturated heterocycles. The van der Waals surface area contributed by atoms with Gasteiger partial charge in [-0.15, -0.1) is 10.2 Å². The summed E-state index contributed by atoms with van der Waals surface area (Å²) < 4.78 is 0.843. The summed E-state index contributed by atoms with van der Waals surface area (Å²) in [5.74, 6) is 0. The van der Waals surface area contributed by atoms with E-state index in [0.29, 0.717) is 6.04 Å². The zero-order valence-electron chi connectivity index (χ0n) is 7.16. The average molecular weight is 280 g/mol. The molecular weight excluding hydrogens is 270 g/mol. The average Bonchev–Trinajstić information content (AvgIpc) is 2.46. The lowest BCUT2D eigenvalue weighted by Crippen LogP contribution is -2.40. The zero-order chi connectivity index (χ0) is 9.26. The molecule has 1 saturated carbocycles. The molecule has 1 heterocycles. The predicted molar refractivity (Wildman–Crippen MR) is 61.6 cm³/mol. The van der Waals surface area contributed by atoms with E-state index in [2.05, 4.69) is 37.7 Å². The van der Waals surface area contributed by atoms with E-state index < -0.39 is 0 Å². The molecule has 2 rings (SSSR count). The predicted octanol–water partition coefficient (Wildman–Crippen LogP) is 2.61. The maximum atomic E-state index is 4.01. The standard InChI is InChI=1S/C7H10BrN3S2/c1-12-5-3-2-4(5)9-7-11-10-6(8)13-7/h4-5H,2-3H2,1H3,(H,9,11). The Balaban J connectivity index is 1.91.